The first-order valence-corrected chi connectivity index (χ1v) is 4.45. The van der Waals surface area contributed by atoms with Crippen molar-refractivity contribution in [1.29, 1.82) is 0 Å². The van der Waals surface area contributed by atoms with E-state index in [0.717, 1.165) is 0 Å². The summed E-state index contributed by atoms with van der Waals surface area (Å²) in [5.74, 6) is 0. The third kappa shape index (κ3) is 4.32. The van der Waals surface area contributed by atoms with Crippen LogP contribution >= 0.6 is 0 Å². The molecule has 0 aromatic heterocycles. The molecule has 14 heavy (non-hydrogen) atoms. The number of aliphatic hydroxyl groups excluding tert-OH is 5. The van der Waals surface area contributed by atoms with Gasteiger partial charge in [0.2, 0.25) is 0 Å². The van der Waals surface area contributed by atoms with E-state index in [9.17, 15) is 15.3 Å². The van der Waals surface area contributed by atoms with Crippen LogP contribution in [0.2, 0.25) is 0 Å². The lowest BCUT2D eigenvalue weighted by Gasteiger charge is -2.25. The molecule has 0 rings (SSSR count). The molecule has 0 radical (unpaired) electrons. The Morgan fingerprint density at radius 1 is 1.00 bits per heavy atom. The summed E-state index contributed by atoms with van der Waals surface area (Å²) in [7, 11) is 0. The summed E-state index contributed by atoms with van der Waals surface area (Å²) in [4.78, 5) is 0. The average Bonchev–Trinajstić information content (AvgIpc) is 2.22. The van der Waals surface area contributed by atoms with E-state index >= 15 is 0 Å². The predicted octanol–water partition coefficient (Wildman–Crippen LogP) is -2.54. The Morgan fingerprint density at radius 2 is 1.50 bits per heavy atom. The molecule has 0 aliphatic heterocycles. The quantitative estimate of drug-likeness (QED) is 0.316. The lowest BCUT2D eigenvalue weighted by molar-refractivity contribution is -0.128. The number of hydrogen-bond acceptors (Lipinski definition) is 6. The van der Waals surface area contributed by atoms with Crippen LogP contribution in [0.15, 0.2) is 0 Å². The van der Waals surface area contributed by atoms with Gasteiger partial charge in [0.1, 0.15) is 24.4 Å². The molecule has 0 saturated heterocycles. The normalized spacial score (nSPS) is 20.1. The molecular formula is C8H18O6. The third-order valence-corrected chi connectivity index (χ3v) is 1.82. The molecular weight excluding hydrogens is 192 g/mol. The fraction of sp³-hybridized carbons (Fsp3) is 1.00. The van der Waals surface area contributed by atoms with Gasteiger partial charge in [0.25, 0.3) is 0 Å². The maximum atomic E-state index is 9.26. The summed E-state index contributed by atoms with van der Waals surface area (Å²) >= 11 is 0. The number of aliphatic hydroxyl groups is 5. The Hall–Kier alpha value is -0.240. The molecule has 6 nitrogen and oxygen atoms in total. The number of ether oxygens (including phenoxy) is 1. The molecule has 0 fully saturated rings. The van der Waals surface area contributed by atoms with Crippen LogP contribution in [-0.2, 0) is 4.74 Å². The van der Waals surface area contributed by atoms with Crippen LogP contribution in [0.3, 0.4) is 0 Å². The van der Waals surface area contributed by atoms with Gasteiger partial charge in [0.05, 0.1) is 13.2 Å². The number of rotatable bonds is 7. The topological polar surface area (TPSA) is 110 Å². The van der Waals surface area contributed by atoms with Crippen LogP contribution in [0.4, 0.5) is 0 Å². The predicted molar refractivity (Wildman–Crippen MR) is 47.6 cm³/mol. The Kier molecular flexibility index (Phi) is 6.98. The van der Waals surface area contributed by atoms with E-state index in [-0.39, 0.29) is 6.61 Å². The van der Waals surface area contributed by atoms with Gasteiger partial charge in [-0.15, -0.1) is 0 Å². The zero-order chi connectivity index (χ0) is 11.1. The van der Waals surface area contributed by atoms with Crippen molar-refractivity contribution in [3.05, 3.63) is 0 Å². The van der Waals surface area contributed by atoms with Crippen LogP contribution in [0.25, 0.3) is 0 Å². The van der Waals surface area contributed by atoms with E-state index in [1.54, 1.807) is 6.92 Å². The minimum absolute atomic E-state index is 0.132. The molecule has 0 aromatic carbocycles. The molecule has 86 valence electrons. The van der Waals surface area contributed by atoms with Crippen molar-refractivity contribution in [1.82, 2.24) is 0 Å². The highest BCUT2D eigenvalue weighted by molar-refractivity contribution is 4.80. The maximum Gasteiger partial charge on any atom is 0.111 e. The van der Waals surface area contributed by atoms with Crippen molar-refractivity contribution in [3.8, 4) is 0 Å². The minimum atomic E-state index is -1.59. The summed E-state index contributed by atoms with van der Waals surface area (Å²) in [6.07, 6.45) is -5.88. The SMILES string of the molecule is CCOCC(O)C(O)C(O)C(O)CO. The molecule has 0 bridgehead atoms. The summed E-state index contributed by atoms with van der Waals surface area (Å²) in [5.41, 5.74) is 0. The zero-order valence-corrected chi connectivity index (χ0v) is 8.08. The van der Waals surface area contributed by atoms with Gasteiger partial charge in [-0.2, -0.15) is 0 Å². The van der Waals surface area contributed by atoms with Crippen molar-refractivity contribution < 1.29 is 30.3 Å². The van der Waals surface area contributed by atoms with Gasteiger partial charge in [0.15, 0.2) is 0 Å². The monoisotopic (exact) mass is 210 g/mol. The molecule has 0 heterocycles. The highest BCUT2D eigenvalue weighted by Gasteiger charge is 2.29. The molecule has 0 saturated carbocycles. The van der Waals surface area contributed by atoms with Crippen LogP contribution in [0.1, 0.15) is 6.92 Å². The van der Waals surface area contributed by atoms with Crippen molar-refractivity contribution >= 4 is 0 Å². The van der Waals surface area contributed by atoms with Gasteiger partial charge in [-0.25, -0.2) is 0 Å². The Balaban J connectivity index is 3.95. The summed E-state index contributed by atoms with van der Waals surface area (Å²) in [6, 6.07) is 0. The van der Waals surface area contributed by atoms with Crippen LogP contribution in [0, 0.1) is 0 Å². The molecule has 4 atom stereocenters. The van der Waals surface area contributed by atoms with Crippen LogP contribution < -0.4 is 0 Å². The first-order chi connectivity index (χ1) is 6.54. The van der Waals surface area contributed by atoms with E-state index in [1.165, 1.54) is 0 Å². The zero-order valence-electron chi connectivity index (χ0n) is 8.08. The first kappa shape index (κ1) is 13.8. The summed E-state index contributed by atoms with van der Waals surface area (Å²) in [6.45, 7) is 1.28. The van der Waals surface area contributed by atoms with E-state index in [4.69, 9.17) is 14.9 Å². The lowest BCUT2D eigenvalue weighted by atomic mass is 10.0. The Labute approximate surface area is 82.4 Å². The second-order valence-corrected chi connectivity index (χ2v) is 2.96. The molecule has 5 N–H and O–H groups in total. The third-order valence-electron chi connectivity index (χ3n) is 1.82. The van der Waals surface area contributed by atoms with Crippen molar-refractivity contribution in [2.24, 2.45) is 0 Å². The Bertz CT molecular complexity index is 142. The second-order valence-electron chi connectivity index (χ2n) is 2.96. The average molecular weight is 210 g/mol. The molecule has 6 heteroatoms. The standard InChI is InChI=1S/C8H18O6/c1-2-14-4-6(11)8(13)7(12)5(10)3-9/h5-13H,2-4H2,1H3. The highest BCUT2D eigenvalue weighted by atomic mass is 16.5. The smallest absolute Gasteiger partial charge is 0.111 e. The molecule has 0 aliphatic carbocycles. The Morgan fingerprint density at radius 3 is 1.93 bits per heavy atom. The van der Waals surface area contributed by atoms with Gasteiger partial charge in [0, 0.05) is 6.61 Å². The first-order valence-electron chi connectivity index (χ1n) is 4.45. The van der Waals surface area contributed by atoms with E-state index in [1.807, 2.05) is 0 Å². The van der Waals surface area contributed by atoms with Crippen molar-refractivity contribution in [2.45, 2.75) is 31.3 Å². The molecule has 4 unspecified atom stereocenters. The van der Waals surface area contributed by atoms with Crippen LogP contribution in [-0.4, -0.2) is 69.8 Å². The fourth-order valence-corrected chi connectivity index (χ4v) is 0.900. The van der Waals surface area contributed by atoms with Gasteiger partial charge in [-0.1, -0.05) is 0 Å². The van der Waals surface area contributed by atoms with Gasteiger partial charge in [-0.3, -0.25) is 0 Å². The summed E-state index contributed by atoms with van der Waals surface area (Å²) < 4.78 is 4.81. The molecule has 0 aromatic rings. The van der Waals surface area contributed by atoms with Gasteiger partial charge >= 0.3 is 0 Å². The molecule has 0 aliphatic rings. The largest absolute Gasteiger partial charge is 0.394 e. The maximum absolute atomic E-state index is 9.26. The van der Waals surface area contributed by atoms with E-state index in [2.05, 4.69) is 0 Å². The summed E-state index contributed by atoms with van der Waals surface area (Å²) in [5, 5.41) is 45.1. The second kappa shape index (κ2) is 7.10. The van der Waals surface area contributed by atoms with Crippen molar-refractivity contribution in [3.63, 3.8) is 0 Å². The molecule has 0 spiro atoms. The fourth-order valence-electron chi connectivity index (χ4n) is 0.900. The molecule has 0 amide bonds. The van der Waals surface area contributed by atoms with Gasteiger partial charge < -0.3 is 30.3 Å². The van der Waals surface area contributed by atoms with Crippen molar-refractivity contribution in [2.75, 3.05) is 19.8 Å². The van der Waals surface area contributed by atoms with E-state index in [0.29, 0.717) is 6.61 Å². The van der Waals surface area contributed by atoms with Gasteiger partial charge in [-0.05, 0) is 6.92 Å². The van der Waals surface area contributed by atoms with E-state index < -0.39 is 31.0 Å². The highest BCUT2D eigenvalue weighted by Crippen LogP contribution is 2.05. The lowest BCUT2D eigenvalue weighted by Crippen LogP contribution is -2.47. The minimum Gasteiger partial charge on any atom is -0.394 e. The van der Waals surface area contributed by atoms with Crippen LogP contribution in [0.5, 0.6) is 0 Å². The number of hydrogen-bond donors (Lipinski definition) is 5.